The minimum absolute atomic E-state index is 0.0220. The highest BCUT2D eigenvalue weighted by atomic mass is 35.5. The summed E-state index contributed by atoms with van der Waals surface area (Å²) in [6.07, 6.45) is -1.03. The number of anilines is 2. The number of nitrogens with one attached hydrogen (secondary N) is 1. The van der Waals surface area contributed by atoms with Crippen LogP contribution in [0, 0.1) is 11.3 Å². The fraction of sp³-hybridized carbons (Fsp3) is 0.370. The molecule has 12 nitrogen and oxygen atoms in total. The van der Waals surface area contributed by atoms with Crippen LogP contribution in [0.2, 0.25) is 10.2 Å². The summed E-state index contributed by atoms with van der Waals surface area (Å²) in [5, 5.41) is 22.0. The number of fused-ring (bicyclic) bond motifs is 1. The predicted octanol–water partition coefficient (Wildman–Crippen LogP) is 4.42. The number of amides is 1. The molecule has 2 N–H and O–H groups in total. The minimum atomic E-state index is -1.24. The summed E-state index contributed by atoms with van der Waals surface area (Å²) in [5.74, 6) is -1.20. The lowest BCUT2D eigenvalue weighted by molar-refractivity contribution is -0.139. The van der Waals surface area contributed by atoms with Crippen LogP contribution in [0.15, 0.2) is 35.1 Å². The molecule has 1 atom stereocenters. The van der Waals surface area contributed by atoms with Gasteiger partial charge >= 0.3 is 12.1 Å². The molecule has 0 saturated carbocycles. The molecule has 0 spiro atoms. The summed E-state index contributed by atoms with van der Waals surface area (Å²) in [6, 6.07) is 9.81. The first-order valence-corrected chi connectivity index (χ1v) is 13.2. The molecule has 0 bridgehead atoms. The van der Waals surface area contributed by atoms with Gasteiger partial charge in [-0.3, -0.25) is 4.79 Å². The third-order valence-corrected chi connectivity index (χ3v) is 6.48. The van der Waals surface area contributed by atoms with Gasteiger partial charge in [0.1, 0.15) is 16.8 Å². The van der Waals surface area contributed by atoms with Crippen LogP contribution in [0.1, 0.15) is 26.3 Å². The van der Waals surface area contributed by atoms with E-state index in [2.05, 4.69) is 10.3 Å². The molecule has 1 saturated heterocycles. The van der Waals surface area contributed by atoms with Crippen molar-refractivity contribution < 1.29 is 28.9 Å². The standard InChI is InChI=1S/C27H27Cl2N5O7/c1-27(2,3)41-26(38)33-6-7-39-18(12-33)13-34-20-5-4-17(31-24-19(28)9-16(11-30)23(29)32-24)8-15(20)10-21(25(34)37)40-14-22(35)36/h4-5,8-10,18H,6-7,12-14H2,1-3H3,(H,31,32)(H,35,36). The molecule has 3 heterocycles. The number of nitrogens with zero attached hydrogens (tertiary/aromatic N) is 4. The van der Waals surface area contributed by atoms with Crippen LogP contribution in [0.25, 0.3) is 10.9 Å². The maximum atomic E-state index is 13.4. The van der Waals surface area contributed by atoms with Crippen molar-refractivity contribution in [2.45, 2.75) is 39.0 Å². The normalized spacial score (nSPS) is 15.3. The van der Waals surface area contributed by atoms with E-state index < -0.39 is 35.9 Å². The first kappa shape index (κ1) is 29.9. The van der Waals surface area contributed by atoms with E-state index >= 15 is 0 Å². The van der Waals surface area contributed by atoms with Crippen molar-refractivity contribution in [1.82, 2.24) is 14.5 Å². The van der Waals surface area contributed by atoms with Crippen molar-refractivity contribution in [3.05, 3.63) is 56.4 Å². The molecule has 1 amide bonds. The lowest BCUT2D eigenvalue weighted by Gasteiger charge is -2.34. The largest absolute Gasteiger partial charge is 0.479 e. The Balaban J connectivity index is 1.67. The third kappa shape index (κ3) is 7.38. The van der Waals surface area contributed by atoms with Gasteiger partial charge in [-0.1, -0.05) is 23.2 Å². The van der Waals surface area contributed by atoms with Crippen LogP contribution in [0.4, 0.5) is 16.3 Å². The second-order valence-corrected chi connectivity index (χ2v) is 11.0. The molecular weight excluding hydrogens is 577 g/mol. The Morgan fingerprint density at radius 3 is 2.71 bits per heavy atom. The number of morpholine rings is 1. The Hall–Kier alpha value is -4.05. The van der Waals surface area contributed by atoms with Gasteiger partial charge in [0.25, 0.3) is 5.56 Å². The summed E-state index contributed by atoms with van der Waals surface area (Å²) < 4.78 is 18.1. The third-order valence-electron chi connectivity index (χ3n) is 5.90. The van der Waals surface area contributed by atoms with Crippen LogP contribution in [0.3, 0.4) is 0 Å². The summed E-state index contributed by atoms with van der Waals surface area (Å²) in [5.41, 5.74) is -0.0611. The van der Waals surface area contributed by atoms with Crippen LogP contribution >= 0.6 is 23.2 Å². The lowest BCUT2D eigenvalue weighted by Crippen LogP contribution is -2.49. The minimum Gasteiger partial charge on any atom is -0.479 e. The number of hydrogen-bond acceptors (Lipinski definition) is 9. The van der Waals surface area contributed by atoms with Gasteiger partial charge in [-0.15, -0.1) is 0 Å². The van der Waals surface area contributed by atoms with E-state index in [1.807, 2.05) is 6.07 Å². The fourth-order valence-electron chi connectivity index (χ4n) is 4.16. The van der Waals surface area contributed by atoms with E-state index in [1.54, 1.807) is 39.0 Å². The maximum Gasteiger partial charge on any atom is 0.410 e. The number of carbonyl (C=O) groups excluding carboxylic acids is 1. The number of aromatic nitrogens is 2. The zero-order valence-electron chi connectivity index (χ0n) is 22.4. The number of carboxylic acid groups (broad SMARTS) is 1. The molecule has 1 aromatic carbocycles. The number of carboxylic acids is 1. The van der Waals surface area contributed by atoms with Crippen molar-refractivity contribution in [2.24, 2.45) is 0 Å². The second-order valence-electron chi connectivity index (χ2n) is 10.2. The van der Waals surface area contributed by atoms with Gasteiger partial charge in [-0.2, -0.15) is 5.26 Å². The maximum absolute atomic E-state index is 13.4. The summed E-state index contributed by atoms with van der Waals surface area (Å²) >= 11 is 12.3. The number of halogens is 2. The van der Waals surface area contributed by atoms with Gasteiger partial charge in [0.15, 0.2) is 18.2 Å². The van der Waals surface area contributed by atoms with E-state index in [0.29, 0.717) is 23.1 Å². The number of benzene rings is 1. The van der Waals surface area contributed by atoms with Crippen LogP contribution < -0.4 is 15.6 Å². The van der Waals surface area contributed by atoms with E-state index in [0.717, 1.165) is 0 Å². The van der Waals surface area contributed by atoms with Crippen molar-refractivity contribution in [2.75, 3.05) is 31.6 Å². The van der Waals surface area contributed by atoms with Crippen molar-refractivity contribution in [3.63, 3.8) is 0 Å². The smallest absolute Gasteiger partial charge is 0.410 e. The first-order chi connectivity index (χ1) is 19.3. The lowest BCUT2D eigenvalue weighted by atomic mass is 10.1. The summed E-state index contributed by atoms with van der Waals surface area (Å²) in [7, 11) is 0. The van der Waals surface area contributed by atoms with E-state index in [4.69, 9.17) is 47.8 Å². The predicted molar refractivity (Wildman–Crippen MR) is 151 cm³/mol. The highest BCUT2D eigenvalue weighted by Gasteiger charge is 2.29. The van der Waals surface area contributed by atoms with E-state index in [-0.39, 0.29) is 47.0 Å². The summed E-state index contributed by atoms with van der Waals surface area (Å²) in [6.45, 7) is 5.46. The van der Waals surface area contributed by atoms with Gasteiger partial charge < -0.3 is 34.1 Å². The van der Waals surface area contributed by atoms with Crippen molar-refractivity contribution in [1.29, 1.82) is 5.26 Å². The molecule has 216 valence electrons. The molecule has 0 aliphatic carbocycles. The highest BCUT2D eigenvalue weighted by molar-refractivity contribution is 6.35. The molecule has 41 heavy (non-hydrogen) atoms. The van der Waals surface area contributed by atoms with E-state index in [1.165, 1.54) is 21.6 Å². The summed E-state index contributed by atoms with van der Waals surface area (Å²) in [4.78, 5) is 42.8. The molecule has 1 unspecified atom stereocenters. The molecule has 4 rings (SSSR count). The van der Waals surface area contributed by atoms with E-state index in [9.17, 15) is 14.4 Å². The number of nitriles is 1. The Kier molecular flexibility index (Phi) is 8.92. The van der Waals surface area contributed by atoms with Gasteiger partial charge in [-0.05, 0) is 51.1 Å². The average molecular weight is 604 g/mol. The average Bonchev–Trinajstić information content (AvgIpc) is 2.90. The Bertz CT molecular complexity index is 1600. The molecule has 1 fully saturated rings. The zero-order chi connectivity index (χ0) is 29.9. The van der Waals surface area contributed by atoms with Crippen LogP contribution in [-0.4, -0.2) is 69.6 Å². The highest BCUT2D eigenvalue weighted by Crippen LogP contribution is 2.30. The quantitative estimate of drug-likeness (QED) is 0.370. The molecule has 14 heteroatoms. The number of hydrogen-bond donors (Lipinski definition) is 2. The van der Waals surface area contributed by atoms with Crippen molar-refractivity contribution >= 4 is 57.7 Å². The monoisotopic (exact) mass is 603 g/mol. The molecule has 3 aromatic rings. The van der Waals surface area contributed by atoms with Gasteiger partial charge in [0.05, 0.1) is 41.9 Å². The number of ether oxygens (including phenoxy) is 3. The zero-order valence-corrected chi connectivity index (χ0v) is 24.0. The number of carbonyl (C=O) groups is 2. The van der Waals surface area contributed by atoms with Gasteiger partial charge in [0, 0.05) is 17.6 Å². The van der Waals surface area contributed by atoms with Gasteiger partial charge in [-0.25, -0.2) is 14.6 Å². The molecule has 1 aliphatic heterocycles. The van der Waals surface area contributed by atoms with Gasteiger partial charge in [0.2, 0.25) is 0 Å². The SMILES string of the molecule is CC(C)(C)OC(=O)N1CCOC(Cn2c(=O)c(OCC(=O)O)cc3cc(Nc4nc(Cl)c(C#N)cc4Cl)ccc32)C1. The topological polar surface area (TPSA) is 156 Å². The molecular formula is C27H27Cl2N5O7. The number of aliphatic carboxylic acids is 1. The fourth-order valence-corrected chi connectivity index (χ4v) is 4.54. The Morgan fingerprint density at radius 1 is 1.27 bits per heavy atom. The Morgan fingerprint density at radius 2 is 2.02 bits per heavy atom. The molecule has 1 aliphatic rings. The number of pyridine rings is 2. The van der Waals surface area contributed by atoms with Crippen molar-refractivity contribution in [3.8, 4) is 11.8 Å². The van der Waals surface area contributed by atoms with Crippen LogP contribution in [-0.2, 0) is 20.8 Å². The number of rotatable bonds is 7. The molecule has 0 radical (unpaired) electrons. The second kappa shape index (κ2) is 12.2. The first-order valence-electron chi connectivity index (χ1n) is 12.5. The Labute approximate surface area is 244 Å². The molecule has 2 aromatic heterocycles. The van der Waals surface area contributed by atoms with Crippen LogP contribution in [0.5, 0.6) is 5.75 Å².